The lowest BCUT2D eigenvalue weighted by molar-refractivity contribution is -0.132. The maximum atomic E-state index is 14.2. The second-order valence-electron chi connectivity index (χ2n) is 11.5. The Bertz CT molecular complexity index is 1720. The average molecular weight is 661 g/mol. The number of aromatic nitrogens is 2. The quantitative estimate of drug-likeness (QED) is 0.209. The number of ether oxygens (including phenoxy) is 3. The van der Waals surface area contributed by atoms with Crippen molar-refractivity contribution in [1.29, 1.82) is 0 Å². The van der Waals surface area contributed by atoms with E-state index in [9.17, 15) is 9.59 Å². The van der Waals surface area contributed by atoms with Gasteiger partial charge in [0, 0.05) is 34.8 Å². The maximum Gasteiger partial charge on any atom is 0.242 e. The van der Waals surface area contributed by atoms with Gasteiger partial charge in [-0.2, -0.15) is 5.10 Å². The van der Waals surface area contributed by atoms with Gasteiger partial charge in [0.1, 0.15) is 29.6 Å². The van der Waals surface area contributed by atoms with Crippen LogP contribution in [0.15, 0.2) is 66.7 Å². The smallest absolute Gasteiger partial charge is 0.242 e. The summed E-state index contributed by atoms with van der Waals surface area (Å²) in [5.74, 6) is 3.01. The van der Waals surface area contributed by atoms with Crippen molar-refractivity contribution in [2.45, 2.75) is 25.0 Å². The molecule has 3 aromatic carbocycles. The molecule has 0 radical (unpaired) electrons. The number of halogens is 1. The van der Waals surface area contributed by atoms with Crippen molar-refractivity contribution in [3.05, 3.63) is 82.9 Å². The summed E-state index contributed by atoms with van der Waals surface area (Å²) in [6.07, 6.45) is 1.89. The van der Waals surface area contributed by atoms with E-state index in [2.05, 4.69) is 6.92 Å². The van der Waals surface area contributed by atoms with Crippen LogP contribution in [0.1, 0.15) is 36.1 Å². The number of carbonyl (C=O) groups excluding carboxylic acids is 2. The lowest BCUT2D eigenvalue weighted by Gasteiger charge is -2.32. The Morgan fingerprint density at radius 2 is 1.61 bits per heavy atom. The summed E-state index contributed by atoms with van der Waals surface area (Å²) < 4.78 is 18.7. The van der Waals surface area contributed by atoms with Crippen LogP contribution >= 0.6 is 23.4 Å². The first kappa shape index (κ1) is 31.8. The number of likely N-dealkylation sites (tertiary alicyclic amines) is 1. The van der Waals surface area contributed by atoms with E-state index in [4.69, 9.17) is 30.9 Å². The van der Waals surface area contributed by atoms with E-state index >= 15 is 0 Å². The van der Waals surface area contributed by atoms with Crippen molar-refractivity contribution < 1.29 is 23.8 Å². The molecule has 0 spiro atoms. The Labute approximate surface area is 278 Å². The van der Waals surface area contributed by atoms with E-state index in [1.165, 1.54) is 11.8 Å². The van der Waals surface area contributed by atoms with Crippen LogP contribution in [0.2, 0.25) is 5.02 Å². The lowest BCUT2D eigenvalue weighted by atomic mass is 9.98. The molecule has 240 valence electrons. The van der Waals surface area contributed by atoms with Gasteiger partial charge in [-0.3, -0.25) is 14.5 Å². The summed E-state index contributed by atoms with van der Waals surface area (Å²) in [6.45, 7) is 3.48. The monoisotopic (exact) mass is 660 g/mol. The van der Waals surface area contributed by atoms with Crippen LogP contribution in [-0.4, -0.2) is 73.2 Å². The molecule has 1 aromatic heterocycles. The molecule has 2 aliphatic rings. The molecule has 2 aliphatic heterocycles. The molecule has 6 rings (SSSR count). The largest absolute Gasteiger partial charge is 0.497 e. The zero-order valence-electron chi connectivity index (χ0n) is 26.4. The van der Waals surface area contributed by atoms with Gasteiger partial charge in [0.25, 0.3) is 0 Å². The maximum absolute atomic E-state index is 14.2. The highest BCUT2D eigenvalue weighted by molar-refractivity contribution is 8.00. The highest BCUT2D eigenvalue weighted by Crippen LogP contribution is 2.51. The van der Waals surface area contributed by atoms with E-state index < -0.39 is 5.25 Å². The highest BCUT2D eigenvalue weighted by atomic mass is 35.5. The molecule has 1 unspecified atom stereocenters. The molecule has 46 heavy (non-hydrogen) atoms. The van der Waals surface area contributed by atoms with Crippen molar-refractivity contribution >= 4 is 41.0 Å². The molecule has 0 saturated carbocycles. The first-order valence-electron chi connectivity index (χ1n) is 15.3. The van der Waals surface area contributed by atoms with Crippen LogP contribution in [0.4, 0.5) is 5.82 Å². The van der Waals surface area contributed by atoms with Crippen LogP contribution in [0.5, 0.6) is 17.2 Å². The summed E-state index contributed by atoms with van der Waals surface area (Å²) in [6, 6.07) is 20.6. The molecule has 0 bridgehead atoms. The summed E-state index contributed by atoms with van der Waals surface area (Å²) in [4.78, 5) is 31.5. The number of amides is 2. The number of anilines is 1. The van der Waals surface area contributed by atoms with E-state index in [0.29, 0.717) is 52.8 Å². The Balaban J connectivity index is 1.60. The summed E-state index contributed by atoms with van der Waals surface area (Å²) in [7, 11) is 4.87. The summed E-state index contributed by atoms with van der Waals surface area (Å²) >= 11 is 7.79. The second kappa shape index (κ2) is 13.7. The van der Waals surface area contributed by atoms with E-state index in [1.807, 2.05) is 71.6 Å². The fourth-order valence-corrected chi connectivity index (χ4v) is 7.37. The first-order valence-corrected chi connectivity index (χ1v) is 16.7. The molecular weight excluding hydrogens is 624 g/mol. The fourth-order valence-electron chi connectivity index (χ4n) is 6.03. The number of hydrogen-bond acceptors (Lipinski definition) is 7. The van der Waals surface area contributed by atoms with Gasteiger partial charge < -0.3 is 19.1 Å². The predicted octanol–water partition coefficient (Wildman–Crippen LogP) is 6.65. The molecule has 9 nitrogen and oxygen atoms in total. The summed E-state index contributed by atoms with van der Waals surface area (Å²) in [5, 5.41) is 5.38. The Hall–Kier alpha value is -4.15. The van der Waals surface area contributed by atoms with Crippen LogP contribution < -0.4 is 19.1 Å². The van der Waals surface area contributed by atoms with E-state index in [0.717, 1.165) is 35.2 Å². The van der Waals surface area contributed by atoms with Crippen molar-refractivity contribution in [1.82, 2.24) is 14.7 Å². The number of carbonyl (C=O) groups is 2. The van der Waals surface area contributed by atoms with Gasteiger partial charge in [-0.05, 0) is 73.4 Å². The van der Waals surface area contributed by atoms with Crippen LogP contribution in [0, 0.1) is 5.92 Å². The lowest BCUT2D eigenvalue weighted by Crippen LogP contribution is -2.46. The Morgan fingerprint density at radius 3 is 2.26 bits per heavy atom. The number of piperidine rings is 1. The Morgan fingerprint density at radius 1 is 0.935 bits per heavy atom. The molecule has 1 fully saturated rings. The molecule has 3 heterocycles. The van der Waals surface area contributed by atoms with Gasteiger partial charge in [0.2, 0.25) is 11.8 Å². The van der Waals surface area contributed by atoms with Crippen molar-refractivity contribution in [3.63, 3.8) is 0 Å². The molecule has 4 aromatic rings. The zero-order chi connectivity index (χ0) is 32.4. The van der Waals surface area contributed by atoms with Crippen LogP contribution in [-0.2, 0) is 9.59 Å². The topological polar surface area (TPSA) is 86.1 Å². The highest BCUT2D eigenvalue weighted by Gasteiger charge is 2.39. The minimum absolute atomic E-state index is 0.0795. The van der Waals surface area contributed by atoms with Gasteiger partial charge in [0.15, 0.2) is 0 Å². The third-order valence-electron chi connectivity index (χ3n) is 8.67. The number of fused-ring (bicyclic) bond motifs is 1. The molecule has 11 heteroatoms. The number of benzene rings is 3. The third kappa shape index (κ3) is 6.28. The van der Waals surface area contributed by atoms with Crippen LogP contribution in [0.25, 0.3) is 16.9 Å². The van der Waals surface area contributed by atoms with Crippen molar-refractivity contribution in [2.75, 3.05) is 51.6 Å². The fraction of sp³-hybridized carbons (Fsp3) is 0.343. The van der Waals surface area contributed by atoms with Gasteiger partial charge in [-0.15, -0.1) is 11.8 Å². The number of nitrogens with zero attached hydrogens (tertiary/aromatic N) is 4. The Kier molecular flexibility index (Phi) is 9.47. The average Bonchev–Trinajstić information content (AvgIpc) is 3.41. The minimum atomic E-state index is -0.391. The number of hydrogen-bond donors (Lipinski definition) is 0. The number of rotatable bonds is 8. The van der Waals surface area contributed by atoms with E-state index in [-0.39, 0.29) is 24.1 Å². The normalized spacial score (nSPS) is 17.0. The van der Waals surface area contributed by atoms with Crippen molar-refractivity contribution in [2.24, 2.45) is 5.92 Å². The molecule has 2 amide bonds. The molecular formula is C35H37ClN4O5S. The molecule has 1 saturated heterocycles. The third-order valence-corrected chi connectivity index (χ3v) is 10.2. The molecule has 0 N–H and O–H groups in total. The predicted molar refractivity (Wildman–Crippen MR) is 182 cm³/mol. The van der Waals surface area contributed by atoms with Gasteiger partial charge >= 0.3 is 0 Å². The molecule has 1 atom stereocenters. The van der Waals surface area contributed by atoms with Gasteiger partial charge in [-0.1, -0.05) is 30.7 Å². The number of thioether (sulfide) groups is 1. The van der Waals surface area contributed by atoms with Crippen molar-refractivity contribution in [3.8, 4) is 34.2 Å². The SMILES string of the molecule is COc1ccc(-n2nc(-c3ccc(Cl)cc3)c3c2N(CC(=O)N2CCC(C)CC2)C(=O)CSC3c2cc(OC)ccc2OC)cc1. The summed E-state index contributed by atoms with van der Waals surface area (Å²) in [5.41, 5.74) is 3.84. The molecule has 0 aliphatic carbocycles. The van der Waals surface area contributed by atoms with Crippen LogP contribution in [0.3, 0.4) is 0 Å². The van der Waals surface area contributed by atoms with E-state index in [1.54, 1.807) is 30.9 Å². The zero-order valence-corrected chi connectivity index (χ0v) is 27.9. The second-order valence-corrected chi connectivity index (χ2v) is 13.1. The first-order chi connectivity index (χ1) is 22.3. The standard InChI is InChI=1S/C35H37ClN4O5S/c1-22-15-17-38(18-16-22)30(41)20-39-31(42)21-46-34(28-19-27(44-3)13-14-29(28)45-4)32-33(23-5-7-24(36)8-6-23)37-40(35(32)39)25-9-11-26(43-2)12-10-25/h5-14,19,22,34H,15-18,20-21H2,1-4H3. The van der Waals surface area contributed by atoms with Gasteiger partial charge in [0.05, 0.1) is 43.7 Å². The van der Waals surface area contributed by atoms with Gasteiger partial charge in [-0.25, -0.2) is 4.68 Å². The number of methoxy groups -OCH3 is 3. The minimum Gasteiger partial charge on any atom is -0.497 e.